The van der Waals surface area contributed by atoms with E-state index in [2.05, 4.69) is 10.6 Å². The normalized spacial score (nSPS) is 13.5. The van der Waals surface area contributed by atoms with Crippen molar-refractivity contribution in [1.82, 2.24) is 5.32 Å². The molecule has 132 valence electrons. The van der Waals surface area contributed by atoms with Crippen molar-refractivity contribution in [2.24, 2.45) is 0 Å². The number of methoxy groups -OCH3 is 1. The Hall–Kier alpha value is -2.34. The molecule has 0 atom stereocenters. The molecule has 6 heteroatoms. The molecule has 0 saturated carbocycles. The molecule has 5 nitrogen and oxygen atoms in total. The quantitative estimate of drug-likeness (QED) is 0.820. The smallest absolute Gasteiger partial charge is 0.256 e. The topological polar surface area (TPSA) is 67.4 Å². The molecular formula is C19H22N2O3S. The highest BCUT2D eigenvalue weighted by molar-refractivity contribution is 7.17. The maximum Gasteiger partial charge on any atom is 0.256 e. The summed E-state index contributed by atoms with van der Waals surface area (Å²) >= 11 is 1.53. The van der Waals surface area contributed by atoms with Crippen LogP contribution in [0.25, 0.3) is 0 Å². The molecule has 0 aliphatic heterocycles. The van der Waals surface area contributed by atoms with Gasteiger partial charge in [-0.2, -0.15) is 0 Å². The van der Waals surface area contributed by atoms with Crippen molar-refractivity contribution in [2.75, 3.05) is 19.5 Å². The van der Waals surface area contributed by atoms with E-state index in [9.17, 15) is 9.59 Å². The van der Waals surface area contributed by atoms with Gasteiger partial charge < -0.3 is 15.4 Å². The lowest BCUT2D eigenvalue weighted by Crippen LogP contribution is -2.21. The summed E-state index contributed by atoms with van der Waals surface area (Å²) in [6.45, 7) is 0. The first-order chi connectivity index (χ1) is 12.1. The number of hydrogen-bond acceptors (Lipinski definition) is 4. The third-order valence-electron chi connectivity index (χ3n) is 4.43. The monoisotopic (exact) mass is 358 g/mol. The first-order valence-electron chi connectivity index (χ1n) is 8.46. The number of anilines is 1. The van der Waals surface area contributed by atoms with Crippen LogP contribution in [0.4, 0.5) is 5.00 Å². The van der Waals surface area contributed by atoms with Crippen LogP contribution in [0.15, 0.2) is 24.3 Å². The maximum atomic E-state index is 12.6. The number of aryl methyl sites for hydroxylation is 1. The van der Waals surface area contributed by atoms with Gasteiger partial charge >= 0.3 is 0 Å². The van der Waals surface area contributed by atoms with E-state index in [4.69, 9.17) is 4.74 Å². The van der Waals surface area contributed by atoms with E-state index in [1.807, 2.05) is 0 Å². The number of fused-ring (bicyclic) bond motifs is 1. The molecule has 0 saturated heterocycles. The van der Waals surface area contributed by atoms with Crippen molar-refractivity contribution < 1.29 is 14.3 Å². The van der Waals surface area contributed by atoms with Gasteiger partial charge in [-0.15, -0.1) is 11.3 Å². The van der Waals surface area contributed by atoms with Crippen molar-refractivity contribution in [2.45, 2.75) is 32.1 Å². The highest BCUT2D eigenvalue weighted by atomic mass is 32.1. The van der Waals surface area contributed by atoms with Crippen LogP contribution < -0.4 is 15.4 Å². The van der Waals surface area contributed by atoms with Crippen LogP contribution in [0.2, 0.25) is 0 Å². The molecule has 2 N–H and O–H groups in total. The lowest BCUT2D eigenvalue weighted by Gasteiger charge is -2.09. The number of benzene rings is 1. The summed E-state index contributed by atoms with van der Waals surface area (Å²) in [5.41, 5.74) is 2.23. The molecule has 1 aliphatic rings. The minimum absolute atomic E-state index is 0.139. The van der Waals surface area contributed by atoms with E-state index in [0.29, 0.717) is 21.9 Å². The van der Waals surface area contributed by atoms with E-state index in [1.54, 1.807) is 38.4 Å². The Morgan fingerprint density at radius 3 is 2.68 bits per heavy atom. The number of carbonyl (C=O) groups is 2. The summed E-state index contributed by atoms with van der Waals surface area (Å²) < 4.78 is 5.17. The number of nitrogens with one attached hydrogen (secondary N) is 2. The van der Waals surface area contributed by atoms with E-state index < -0.39 is 0 Å². The van der Waals surface area contributed by atoms with Crippen LogP contribution in [-0.4, -0.2) is 26.0 Å². The van der Waals surface area contributed by atoms with Crippen LogP contribution in [-0.2, 0) is 12.8 Å². The standard InChI is InChI=1S/C19H22N2O3S/c1-20-18(23)16-14-9-4-3-5-10-15(14)25-19(16)21-17(22)12-7-6-8-13(11-12)24-2/h6-8,11H,3-5,9-10H2,1-2H3,(H,20,23)(H,21,22). The van der Waals surface area contributed by atoms with Crippen LogP contribution in [0.5, 0.6) is 5.75 Å². The van der Waals surface area contributed by atoms with Gasteiger partial charge in [-0.05, 0) is 49.4 Å². The second kappa shape index (κ2) is 7.70. The Kier molecular flexibility index (Phi) is 5.38. The van der Waals surface area contributed by atoms with Crippen molar-refractivity contribution in [3.8, 4) is 5.75 Å². The number of rotatable bonds is 4. The second-order valence-electron chi connectivity index (χ2n) is 6.03. The molecule has 2 aromatic rings. The average molecular weight is 358 g/mol. The van der Waals surface area contributed by atoms with Crippen LogP contribution in [0.3, 0.4) is 0 Å². The minimum Gasteiger partial charge on any atom is -0.497 e. The molecule has 25 heavy (non-hydrogen) atoms. The number of thiophene rings is 1. The van der Waals surface area contributed by atoms with Gasteiger partial charge in [0.15, 0.2) is 0 Å². The number of hydrogen-bond donors (Lipinski definition) is 2. The summed E-state index contributed by atoms with van der Waals surface area (Å²) in [6, 6.07) is 6.99. The fourth-order valence-electron chi connectivity index (χ4n) is 3.14. The Morgan fingerprint density at radius 2 is 1.92 bits per heavy atom. The zero-order valence-corrected chi connectivity index (χ0v) is 15.3. The SMILES string of the molecule is CNC(=O)c1c(NC(=O)c2cccc(OC)c2)sc2c1CCCCC2. The molecule has 0 unspecified atom stereocenters. The first kappa shape index (κ1) is 17.5. The van der Waals surface area contributed by atoms with Gasteiger partial charge in [0.1, 0.15) is 10.8 Å². The third kappa shape index (κ3) is 3.69. The van der Waals surface area contributed by atoms with Crippen molar-refractivity contribution in [1.29, 1.82) is 0 Å². The minimum atomic E-state index is -0.236. The van der Waals surface area contributed by atoms with E-state index >= 15 is 0 Å². The van der Waals surface area contributed by atoms with Gasteiger partial charge in [0.25, 0.3) is 11.8 Å². The van der Waals surface area contributed by atoms with Gasteiger partial charge in [-0.1, -0.05) is 12.5 Å². The molecule has 2 amide bonds. The average Bonchev–Trinajstić information content (AvgIpc) is 2.81. The van der Waals surface area contributed by atoms with Crippen LogP contribution >= 0.6 is 11.3 Å². The zero-order chi connectivity index (χ0) is 17.8. The summed E-state index contributed by atoms with van der Waals surface area (Å²) in [7, 11) is 3.19. The van der Waals surface area contributed by atoms with Crippen molar-refractivity contribution >= 4 is 28.2 Å². The summed E-state index contributed by atoms with van der Waals surface area (Å²) in [6.07, 6.45) is 5.25. The lowest BCUT2D eigenvalue weighted by atomic mass is 10.0. The lowest BCUT2D eigenvalue weighted by molar-refractivity contribution is 0.0963. The molecule has 0 radical (unpaired) electrons. The Morgan fingerprint density at radius 1 is 1.12 bits per heavy atom. The van der Waals surface area contributed by atoms with Gasteiger partial charge in [0.2, 0.25) is 0 Å². The maximum absolute atomic E-state index is 12.6. The summed E-state index contributed by atoms with van der Waals surface area (Å²) in [4.78, 5) is 26.3. The summed E-state index contributed by atoms with van der Waals surface area (Å²) in [5.74, 6) is 0.252. The molecule has 1 aromatic heterocycles. The predicted molar refractivity (Wildman–Crippen MR) is 99.9 cm³/mol. The van der Waals surface area contributed by atoms with Crippen LogP contribution in [0.1, 0.15) is 50.4 Å². The second-order valence-corrected chi connectivity index (χ2v) is 7.14. The number of carbonyl (C=O) groups excluding carboxylic acids is 2. The molecular weight excluding hydrogens is 336 g/mol. The largest absolute Gasteiger partial charge is 0.497 e. The molecule has 0 bridgehead atoms. The fourth-order valence-corrected chi connectivity index (χ4v) is 4.42. The van der Waals surface area contributed by atoms with Gasteiger partial charge in [-0.3, -0.25) is 9.59 Å². The first-order valence-corrected chi connectivity index (χ1v) is 9.27. The highest BCUT2D eigenvalue weighted by Crippen LogP contribution is 2.37. The molecule has 3 rings (SSSR count). The molecule has 1 aliphatic carbocycles. The van der Waals surface area contributed by atoms with Gasteiger partial charge in [0.05, 0.1) is 12.7 Å². The van der Waals surface area contributed by atoms with E-state index in [0.717, 1.165) is 31.2 Å². The third-order valence-corrected chi connectivity index (χ3v) is 5.64. The highest BCUT2D eigenvalue weighted by Gasteiger charge is 2.25. The Balaban J connectivity index is 1.93. The van der Waals surface area contributed by atoms with Gasteiger partial charge in [0, 0.05) is 17.5 Å². The van der Waals surface area contributed by atoms with E-state index in [1.165, 1.54) is 22.6 Å². The molecule has 1 heterocycles. The van der Waals surface area contributed by atoms with Gasteiger partial charge in [-0.25, -0.2) is 0 Å². The predicted octanol–water partition coefficient (Wildman–Crippen LogP) is 3.64. The zero-order valence-electron chi connectivity index (χ0n) is 14.5. The Labute approximate surface area is 151 Å². The van der Waals surface area contributed by atoms with E-state index in [-0.39, 0.29) is 11.8 Å². The molecule has 1 aromatic carbocycles. The fraction of sp³-hybridized carbons (Fsp3) is 0.368. The number of ether oxygens (including phenoxy) is 1. The molecule has 0 fully saturated rings. The summed E-state index contributed by atoms with van der Waals surface area (Å²) in [5, 5.41) is 6.28. The molecule has 0 spiro atoms. The van der Waals surface area contributed by atoms with Crippen molar-refractivity contribution in [3.63, 3.8) is 0 Å². The number of amides is 2. The Bertz CT molecular complexity index is 798. The van der Waals surface area contributed by atoms with Crippen LogP contribution in [0, 0.1) is 0 Å². The van der Waals surface area contributed by atoms with Crippen molar-refractivity contribution in [3.05, 3.63) is 45.8 Å².